The average molecular weight is 251 g/mol. The predicted molar refractivity (Wildman–Crippen MR) is 69.9 cm³/mol. The lowest BCUT2D eigenvalue weighted by Gasteiger charge is -2.18. The van der Waals surface area contributed by atoms with Crippen LogP contribution < -0.4 is 11.1 Å². The van der Waals surface area contributed by atoms with Crippen LogP contribution in [0.1, 0.15) is 36.3 Å². The Labute approximate surface area is 107 Å². The lowest BCUT2D eigenvalue weighted by Crippen LogP contribution is -2.38. The Bertz CT molecular complexity index is 394. The van der Waals surface area contributed by atoms with Crippen LogP contribution in [-0.2, 0) is 6.54 Å². The third kappa shape index (κ3) is 4.43. The maximum atomic E-state index is 12.0. The van der Waals surface area contributed by atoms with Gasteiger partial charge in [0.2, 0.25) is 0 Å². The number of nitrogens with one attached hydrogen (secondary N) is 1. The second-order valence-corrected chi connectivity index (χ2v) is 4.72. The fourth-order valence-electron chi connectivity index (χ4n) is 1.75. The van der Waals surface area contributed by atoms with E-state index >= 15 is 0 Å². The molecule has 0 aliphatic heterocycles. The monoisotopic (exact) mass is 251 g/mol. The molecule has 0 aliphatic carbocycles. The number of amides is 1. The van der Waals surface area contributed by atoms with E-state index in [4.69, 9.17) is 5.73 Å². The van der Waals surface area contributed by atoms with E-state index in [9.17, 15) is 9.90 Å². The summed E-state index contributed by atoms with van der Waals surface area (Å²) in [7, 11) is 0. The third-order valence-corrected chi connectivity index (χ3v) is 2.60. The molecule has 0 aliphatic rings. The van der Waals surface area contributed by atoms with Crippen LogP contribution in [0.25, 0.3) is 0 Å². The lowest BCUT2D eigenvalue weighted by molar-refractivity contribution is 0.0908. The zero-order chi connectivity index (χ0) is 13.5. The first-order valence-electron chi connectivity index (χ1n) is 6.13. The Balaban J connectivity index is 2.68. The number of rotatable bonds is 6. The first-order chi connectivity index (χ1) is 8.56. The van der Waals surface area contributed by atoms with Gasteiger partial charge in [-0.2, -0.15) is 0 Å². The molecule has 0 spiro atoms. The summed E-state index contributed by atoms with van der Waals surface area (Å²) in [6.07, 6.45) is 2.31. The molecule has 1 unspecified atom stereocenters. The maximum absolute atomic E-state index is 12.0. The van der Waals surface area contributed by atoms with Crippen LogP contribution in [0.15, 0.2) is 18.3 Å². The number of carbonyl (C=O) groups excluding carboxylic acids is 1. The summed E-state index contributed by atoms with van der Waals surface area (Å²) in [5, 5.41) is 12.0. The molecule has 0 saturated heterocycles. The molecule has 100 valence electrons. The van der Waals surface area contributed by atoms with Gasteiger partial charge in [-0.25, -0.2) is 0 Å². The van der Waals surface area contributed by atoms with Crippen LogP contribution in [0.3, 0.4) is 0 Å². The Morgan fingerprint density at radius 3 is 2.83 bits per heavy atom. The highest BCUT2D eigenvalue weighted by Crippen LogP contribution is 2.06. The van der Waals surface area contributed by atoms with Gasteiger partial charge >= 0.3 is 0 Å². The largest absolute Gasteiger partial charge is 0.394 e. The highest BCUT2D eigenvalue weighted by atomic mass is 16.3. The maximum Gasteiger partial charge on any atom is 0.251 e. The van der Waals surface area contributed by atoms with Crippen LogP contribution in [-0.4, -0.2) is 28.6 Å². The second kappa shape index (κ2) is 7.08. The van der Waals surface area contributed by atoms with Crippen LogP contribution in [0.4, 0.5) is 0 Å². The van der Waals surface area contributed by atoms with E-state index in [1.54, 1.807) is 18.3 Å². The molecule has 1 heterocycles. The summed E-state index contributed by atoms with van der Waals surface area (Å²) >= 11 is 0. The topological polar surface area (TPSA) is 88.2 Å². The molecule has 0 bridgehead atoms. The number of aromatic nitrogens is 1. The van der Waals surface area contributed by atoms with Gasteiger partial charge in [-0.3, -0.25) is 9.78 Å². The molecule has 0 fully saturated rings. The van der Waals surface area contributed by atoms with Crippen molar-refractivity contribution in [1.82, 2.24) is 10.3 Å². The van der Waals surface area contributed by atoms with Gasteiger partial charge in [0.1, 0.15) is 0 Å². The van der Waals surface area contributed by atoms with Gasteiger partial charge in [0, 0.05) is 18.3 Å². The molecule has 1 aromatic heterocycles. The number of hydrogen-bond donors (Lipinski definition) is 3. The number of carbonyl (C=O) groups is 1. The van der Waals surface area contributed by atoms with Crippen molar-refractivity contribution in [3.63, 3.8) is 0 Å². The molecule has 5 heteroatoms. The van der Waals surface area contributed by atoms with Crippen molar-refractivity contribution in [2.24, 2.45) is 11.7 Å². The van der Waals surface area contributed by atoms with Crippen LogP contribution >= 0.6 is 0 Å². The number of pyridine rings is 1. The Morgan fingerprint density at radius 1 is 1.56 bits per heavy atom. The summed E-state index contributed by atoms with van der Waals surface area (Å²) in [5.74, 6) is 0.214. The minimum Gasteiger partial charge on any atom is -0.394 e. The Kier molecular flexibility index (Phi) is 5.74. The van der Waals surface area contributed by atoms with Crippen molar-refractivity contribution in [1.29, 1.82) is 0 Å². The van der Waals surface area contributed by atoms with E-state index in [1.807, 2.05) is 13.8 Å². The van der Waals surface area contributed by atoms with Crippen LogP contribution in [0.5, 0.6) is 0 Å². The SMILES string of the molecule is CC(C)CC(CO)NC(=O)c1ccnc(CN)c1. The van der Waals surface area contributed by atoms with Crippen molar-refractivity contribution >= 4 is 5.91 Å². The molecule has 1 rings (SSSR count). The molecule has 4 N–H and O–H groups in total. The van der Waals surface area contributed by atoms with E-state index in [0.717, 1.165) is 6.42 Å². The van der Waals surface area contributed by atoms with Crippen LogP contribution in [0, 0.1) is 5.92 Å². The smallest absolute Gasteiger partial charge is 0.251 e. The molecule has 1 amide bonds. The third-order valence-electron chi connectivity index (χ3n) is 2.60. The fourth-order valence-corrected chi connectivity index (χ4v) is 1.75. The van der Waals surface area contributed by atoms with Crippen molar-refractivity contribution in [3.05, 3.63) is 29.6 Å². The van der Waals surface area contributed by atoms with E-state index in [0.29, 0.717) is 23.7 Å². The van der Waals surface area contributed by atoms with E-state index < -0.39 is 0 Å². The van der Waals surface area contributed by atoms with Gasteiger partial charge in [0.25, 0.3) is 5.91 Å². The van der Waals surface area contributed by atoms with Crippen molar-refractivity contribution < 1.29 is 9.90 Å². The second-order valence-electron chi connectivity index (χ2n) is 4.72. The molecule has 1 atom stereocenters. The molecule has 0 saturated carbocycles. The van der Waals surface area contributed by atoms with Crippen molar-refractivity contribution in [2.45, 2.75) is 32.9 Å². The average Bonchev–Trinajstić information content (AvgIpc) is 2.37. The predicted octanol–water partition coefficient (Wildman–Crippen LogP) is 0.677. The lowest BCUT2D eigenvalue weighted by atomic mass is 10.0. The molecule has 18 heavy (non-hydrogen) atoms. The zero-order valence-corrected chi connectivity index (χ0v) is 10.9. The summed E-state index contributed by atoms with van der Waals surface area (Å²) in [4.78, 5) is 16.0. The number of hydrogen-bond acceptors (Lipinski definition) is 4. The standard InChI is InChI=1S/C13H21N3O2/c1-9(2)5-12(8-17)16-13(18)10-3-4-15-11(6-10)7-14/h3-4,6,9,12,17H,5,7-8,14H2,1-2H3,(H,16,18). The highest BCUT2D eigenvalue weighted by molar-refractivity contribution is 5.94. The molecule has 1 aromatic rings. The zero-order valence-electron chi connectivity index (χ0n) is 10.9. The molecular formula is C13H21N3O2. The summed E-state index contributed by atoms with van der Waals surface area (Å²) in [6.45, 7) is 4.34. The number of aliphatic hydroxyl groups is 1. The quantitative estimate of drug-likeness (QED) is 0.693. The Hall–Kier alpha value is -1.46. The van der Waals surface area contributed by atoms with Gasteiger partial charge in [0.15, 0.2) is 0 Å². The number of nitrogens with zero attached hydrogens (tertiary/aromatic N) is 1. The summed E-state index contributed by atoms with van der Waals surface area (Å²) in [6, 6.07) is 3.09. The summed E-state index contributed by atoms with van der Waals surface area (Å²) in [5.41, 5.74) is 6.67. The normalized spacial score (nSPS) is 12.5. The van der Waals surface area contributed by atoms with Gasteiger partial charge in [-0.15, -0.1) is 0 Å². The fraction of sp³-hybridized carbons (Fsp3) is 0.538. The minimum absolute atomic E-state index is 0.0568. The van der Waals surface area contributed by atoms with Gasteiger partial charge in [0.05, 0.1) is 18.3 Å². The van der Waals surface area contributed by atoms with Gasteiger partial charge < -0.3 is 16.2 Å². The molecule has 5 nitrogen and oxygen atoms in total. The minimum atomic E-state index is -0.216. The van der Waals surface area contributed by atoms with E-state index in [2.05, 4.69) is 10.3 Å². The highest BCUT2D eigenvalue weighted by Gasteiger charge is 2.14. The van der Waals surface area contributed by atoms with Gasteiger partial charge in [-0.1, -0.05) is 13.8 Å². The Morgan fingerprint density at radius 2 is 2.28 bits per heavy atom. The molecule has 0 radical (unpaired) electrons. The molecular weight excluding hydrogens is 230 g/mol. The molecule has 0 aromatic carbocycles. The number of nitrogens with two attached hydrogens (primary N) is 1. The van der Waals surface area contributed by atoms with E-state index in [-0.39, 0.29) is 18.6 Å². The van der Waals surface area contributed by atoms with Crippen molar-refractivity contribution in [2.75, 3.05) is 6.61 Å². The summed E-state index contributed by atoms with van der Waals surface area (Å²) < 4.78 is 0. The first kappa shape index (κ1) is 14.6. The van der Waals surface area contributed by atoms with Gasteiger partial charge in [-0.05, 0) is 24.5 Å². The first-order valence-corrected chi connectivity index (χ1v) is 6.13. The van der Waals surface area contributed by atoms with Crippen molar-refractivity contribution in [3.8, 4) is 0 Å². The number of aliphatic hydroxyl groups excluding tert-OH is 1. The van der Waals surface area contributed by atoms with Crippen LogP contribution in [0.2, 0.25) is 0 Å². The van der Waals surface area contributed by atoms with E-state index in [1.165, 1.54) is 0 Å².